The van der Waals surface area contributed by atoms with E-state index >= 15 is 0 Å². The van der Waals surface area contributed by atoms with Crippen LogP contribution in [-0.4, -0.2) is 44.7 Å². The number of hydrogen-bond donors (Lipinski definition) is 0. The number of likely N-dealkylation sites (tertiary alicyclic amines) is 1. The Labute approximate surface area is 162 Å². The molecule has 1 unspecified atom stereocenters. The second kappa shape index (κ2) is 7.93. The van der Waals surface area contributed by atoms with Gasteiger partial charge in [0.05, 0.1) is 14.2 Å². The van der Waals surface area contributed by atoms with E-state index in [1.807, 2.05) is 19.9 Å². The third-order valence-electron chi connectivity index (χ3n) is 5.89. The molecule has 1 aromatic carbocycles. The summed E-state index contributed by atoms with van der Waals surface area (Å²) in [5.74, 6) is 2.50. The summed E-state index contributed by atoms with van der Waals surface area (Å²) in [5.41, 5.74) is 1.28. The third kappa shape index (κ3) is 3.84. The predicted octanol–water partition coefficient (Wildman–Crippen LogP) is 3.91. The minimum atomic E-state index is -0.129. The molecular weight excluding hydrogens is 342 g/mol. The Morgan fingerprint density at radius 3 is 2.63 bits per heavy atom. The van der Waals surface area contributed by atoms with Crippen molar-refractivity contribution in [3.8, 4) is 11.5 Å². The van der Waals surface area contributed by atoms with Gasteiger partial charge in [-0.05, 0) is 56.1 Å². The van der Waals surface area contributed by atoms with E-state index in [1.165, 1.54) is 5.56 Å². The molecule has 0 saturated carbocycles. The van der Waals surface area contributed by atoms with Gasteiger partial charge in [0.1, 0.15) is 5.76 Å². The van der Waals surface area contributed by atoms with Crippen molar-refractivity contribution in [3.05, 3.63) is 35.6 Å². The summed E-state index contributed by atoms with van der Waals surface area (Å²) >= 11 is 0. The van der Waals surface area contributed by atoms with E-state index in [9.17, 15) is 4.79 Å². The molecule has 1 saturated heterocycles. The van der Waals surface area contributed by atoms with Crippen LogP contribution in [0.15, 0.2) is 30.0 Å². The maximum Gasteiger partial charge on any atom is 0.311 e. The predicted molar refractivity (Wildman–Crippen MR) is 105 cm³/mol. The van der Waals surface area contributed by atoms with E-state index in [0.29, 0.717) is 12.3 Å². The van der Waals surface area contributed by atoms with Gasteiger partial charge in [0, 0.05) is 24.3 Å². The van der Waals surface area contributed by atoms with Crippen LogP contribution in [0.4, 0.5) is 0 Å². The van der Waals surface area contributed by atoms with E-state index in [2.05, 4.69) is 30.2 Å². The summed E-state index contributed by atoms with van der Waals surface area (Å²) in [5, 5.41) is 0. The molecule has 0 spiro atoms. The van der Waals surface area contributed by atoms with Gasteiger partial charge in [0.2, 0.25) is 0 Å². The number of benzene rings is 1. The molecule has 3 rings (SSSR count). The Morgan fingerprint density at radius 1 is 1.22 bits per heavy atom. The van der Waals surface area contributed by atoms with Crippen molar-refractivity contribution in [3.63, 3.8) is 0 Å². The summed E-state index contributed by atoms with van der Waals surface area (Å²) < 4.78 is 16.6. The van der Waals surface area contributed by atoms with Gasteiger partial charge in [-0.1, -0.05) is 19.9 Å². The molecule has 1 fully saturated rings. The highest BCUT2D eigenvalue weighted by Gasteiger charge is 2.48. The highest BCUT2D eigenvalue weighted by molar-refractivity contribution is 5.70. The van der Waals surface area contributed by atoms with Crippen molar-refractivity contribution < 1.29 is 19.0 Å². The second-order valence-corrected chi connectivity index (χ2v) is 8.11. The lowest BCUT2D eigenvalue weighted by atomic mass is 9.68. The van der Waals surface area contributed by atoms with Gasteiger partial charge in [0.25, 0.3) is 0 Å². The van der Waals surface area contributed by atoms with Crippen molar-refractivity contribution in [2.45, 2.75) is 51.0 Å². The Hall–Kier alpha value is -2.01. The van der Waals surface area contributed by atoms with Crippen LogP contribution in [0.3, 0.4) is 0 Å². The van der Waals surface area contributed by atoms with Crippen LogP contribution in [0.1, 0.15) is 45.1 Å². The second-order valence-electron chi connectivity index (χ2n) is 8.11. The van der Waals surface area contributed by atoms with E-state index in [-0.39, 0.29) is 17.4 Å². The molecule has 5 nitrogen and oxygen atoms in total. The van der Waals surface area contributed by atoms with Gasteiger partial charge < -0.3 is 14.2 Å². The number of esters is 1. The standard InChI is InChI=1S/C22H31NO4/c1-15(2)12-21(24)27-17-8-9-22(10-11-23(3)20(22)14-17)16-6-7-18(25-4)19(13-16)26-5/h6-7,13-15,20H,8-12H2,1-5H3/t20-,22?/m0/s1. The zero-order chi connectivity index (χ0) is 19.6. The number of fused-ring (bicyclic) bond motifs is 1. The SMILES string of the molecule is COc1ccc(C23CCC(OC(=O)CC(C)C)=C[C@@H]2N(C)CC3)cc1OC. The number of nitrogens with zero attached hydrogens (tertiary/aromatic N) is 1. The summed E-state index contributed by atoms with van der Waals surface area (Å²) in [6.07, 6.45) is 5.43. The molecule has 148 valence electrons. The molecule has 1 heterocycles. The lowest BCUT2D eigenvalue weighted by molar-refractivity contribution is -0.140. The lowest BCUT2D eigenvalue weighted by Crippen LogP contribution is -2.42. The molecule has 0 aromatic heterocycles. The van der Waals surface area contributed by atoms with Crippen LogP contribution in [-0.2, 0) is 14.9 Å². The maximum atomic E-state index is 12.1. The van der Waals surface area contributed by atoms with Gasteiger partial charge >= 0.3 is 5.97 Å². The van der Waals surface area contributed by atoms with Crippen molar-refractivity contribution in [1.82, 2.24) is 4.90 Å². The number of hydrogen-bond acceptors (Lipinski definition) is 5. The normalized spacial score (nSPS) is 25.1. The minimum absolute atomic E-state index is 0.0161. The summed E-state index contributed by atoms with van der Waals surface area (Å²) in [4.78, 5) is 14.4. The molecular formula is C22H31NO4. The fourth-order valence-corrected chi connectivity index (χ4v) is 4.46. The van der Waals surface area contributed by atoms with Crippen LogP contribution in [0.2, 0.25) is 0 Å². The highest BCUT2D eigenvalue weighted by atomic mass is 16.5. The minimum Gasteiger partial charge on any atom is -0.493 e. The topological polar surface area (TPSA) is 48.0 Å². The molecule has 0 N–H and O–H groups in total. The van der Waals surface area contributed by atoms with E-state index in [4.69, 9.17) is 14.2 Å². The van der Waals surface area contributed by atoms with Gasteiger partial charge in [-0.25, -0.2) is 0 Å². The zero-order valence-corrected chi connectivity index (χ0v) is 17.1. The fraction of sp³-hybridized carbons (Fsp3) is 0.591. The monoisotopic (exact) mass is 373 g/mol. The van der Waals surface area contributed by atoms with Crippen LogP contribution in [0.5, 0.6) is 11.5 Å². The molecule has 0 bridgehead atoms. The third-order valence-corrected chi connectivity index (χ3v) is 5.89. The van der Waals surface area contributed by atoms with Crippen LogP contribution in [0.25, 0.3) is 0 Å². The summed E-state index contributed by atoms with van der Waals surface area (Å²) in [7, 11) is 5.47. The van der Waals surface area contributed by atoms with E-state index < -0.39 is 0 Å². The molecule has 5 heteroatoms. The molecule has 1 aliphatic heterocycles. The van der Waals surface area contributed by atoms with Crippen molar-refractivity contribution in [1.29, 1.82) is 0 Å². The number of rotatable bonds is 6. The number of carbonyl (C=O) groups is 1. The fourth-order valence-electron chi connectivity index (χ4n) is 4.46. The number of carbonyl (C=O) groups excluding carboxylic acids is 1. The first-order valence-corrected chi connectivity index (χ1v) is 9.73. The number of likely N-dealkylation sites (N-methyl/N-ethyl adjacent to an activating group) is 1. The molecule has 1 aromatic rings. The summed E-state index contributed by atoms with van der Waals surface area (Å²) in [6.45, 7) is 5.08. The van der Waals surface area contributed by atoms with Gasteiger partial charge in [-0.2, -0.15) is 0 Å². The van der Waals surface area contributed by atoms with E-state index in [1.54, 1.807) is 14.2 Å². The average molecular weight is 373 g/mol. The Balaban J connectivity index is 1.89. The largest absolute Gasteiger partial charge is 0.493 e. The molecule has 2 atom stereocenters. The Morgan fingerprint density at radius 2 is 1.96 bits per heavy atom. The first-order valence-electron chi connectivity index (χ1n) is 9.73. The van der Waals surface area contributed by atoms with Crippen LogP contribution >= 0.6 is 0 Å². The number of allylic oxidation sites excluding steroid dienone is 1. The number of methoxy groups -OCH3 is 2. The van der Waals surface area contributed by atoms with Crippen LogP contribution < -0.4 is 9.47 Å². The molecule has 2 aliphatic rings. The van der Waals surface area contributed by atoms with Crippen LogP contribution in [0, 0.1) is 5.92 Å². The van der Waals surface area contributed by atoms with Crippen molar-refractivity contribution in [2.75, 3.05) is 27.8 Å². The molecule has 27 heavy (non-hydrogen) atoms. The van der Waals surface area contributed by atoms with Crippen molar-refractivity contribution >= 4 is 5.97 Å². The maximum absolute atomic E-state index is 12.1. The Bertz CT molecular complexity index is 727. The molecule has 1 aliphatic carbocycles. The average Bonchev–Trinajstić information content (AvgIpc) is 2.98. The van der Waals surface area contributed by atoms with Crippen molar-refractivity contribution in [2.24, 2.45) is 5.92 Å². The van der Waals surface area contributed by atoms with E-state index in [0.717, 1.165) is 43.1 Å². The first kappa shape index (κ1) is 19.7. The molecule has 0 radical (unpaired) electrons. The summed E-state index contributed by atoms with van der Waals surface area (Å²) in [6, 6.07) is 6.46. The van der Waals surface area contributed by atoms with Gasteiger partial charge in [0.15, 0.2) is 11.5 Å². The smallest absolute Gasteiger partial charge is 0.311 e. The van der Waals surface area contributed by atoms with Gasteiger partial charge in [-0.3, -0.25) is 9.69 Å². The van der Waals surface area contributed by atoms with Gasteiger partial charge in [-0.15, -0.1) is 0 Å². The molecule has 0 amide bonds. The highest BCUT2D eigenvalue weighted by Crippen LogP contribution is 2.49. The lowest BCUT2D eigenvalue weighted by Gasteiger charge is -2.40. The zero-order valence-electron chi connectivity index (χ0n) is 17.1. The first-order chi connectivity index (χ1) is 12.9. The quantitative estimate of drug-likeness (QED) is 0.708. The number of ether oxygens (including phenoxy) is 3. The Kier molecular flexibility index (Phi) is 5.80.